The second-order valence-electron chi connectivity index (χ2n) is 14.5. The van der Waals surface area contributed by atoms with Gasteiger partial charge in [0, 0.05) is 25.8 Å². The Kier molecular flexibility index (Phi) is 38.7. The lowest BCUT2D eigenvalue weighted by Gasteiger charge is -2.18. The van der Waals surface area contributed by atoms with Crippen LogP contribution in [0.4, 0.5) is 0 Å². The zero-order chi connectivity index (χ0) is 42.9. The third-order valence-corrected chi connectivity index (χ3v) is 9.41. The number of ether oxygens (including phenoxy) is 4. The fourth-order valence-electron chi connectivity index (χ4n) is 5.97. The van der Waals surface area contributed by atoms with Crippen molar-refractivity contribution < 1.29 is 69.2 Å². The van der Waals surface area contributed by atoms with E-state index < -0.39 is 42.1 Å². The van der Waals surface area contributed by atoms with Crippen molar-refractivity contribution in [1.82, 2.24) is 21.4 Å². The predicted octanol–water partition coefficient (Wildman–Crippen LogP) is 2.51. The number of rotatable bonds is 45. The van der Waals surface area contributed by atoms with Crippen molar-refractivity contribution in [3.05, 3.63) is 0 Å². The number of nitrogens with one attached hydrogen (secondary N) is 4. The number of hydrogen-bond acceptors (Lipinski definition) is 12. The Morgan fingerprint density at radius 1 is 0.466 bits per heavy atom. The number of hydrogen-bond donors (Lipinski definition) is 9. The van der Waals surface area contributed by atoms with Gasteiger partial charge >= 0.3 is 17.9 Å². The molecule has 0 saturated heterocycles. The largest absolute Gasteiger partial charge is 0.481 e. The molecule has 0 rings (SSSR count). The molecule has 0 aromatic carbocycles. The summed E-state index contributed by atoms with van der Waals surface area (Å²) in [6, 6.07) is -1.88. The van der Waals surface area contributed by atoms with Gasteiger partial charge in [0.1, 0.15) is 12.3 Å². The molecule has 58 heavy (non-hydrogen) atoms. The highest BCUT2D eigenvalue weighted by Gasteiger charge is 2.21. The van der Waals surface area contributed by atoms with Gasteiger partial charge in [-0.3, -0.25) is 30.3 Å². The van der Waals surface area contributed by atoms with E-state index in [2.05, 4.69) is 27.2 Å². The molecule has 3 atom stereocenters. The van der Waals surface area contributed by atoms with E-state index in [1.165, 1.54) is 57.8 Å². The van der Waals surface area contributed by atoms with Crippen molar-refractivity contribution in [2.24, 2.45) is 0 Å². The Morgan fingerprint density at radius 3 is 1.41 bits per heavy atom. The first kappa shape index (κ1) is 55.0. The minimum absolute atomic E-state index is 0.0236. The fourth-order valence-corrected chi connectivity index (χ4v) is 5.97. The summed E-state index contributed by atoms with van der Waals surface area (Å²) < 4.78 is 21.8. The molecule has 340 valence electrons. The molecule has 0 heterocycles. The quantitative estimate of drug-likeness (QED) is 0.0242. The molecule has 0 aliphatic rings. The number of aliphatic hydroxyl groups is 1. The Bertz CT molecular complexity index is 1040. The lowest BCUT2D eigenvalue weighted by Crippen LogP contribution is -2.70. The first-order valence-corrected chi connectivity index (χ1v) is 21.5. The molecule has 18 nitrogen and oxygen atoms in total. The number of carboxylic acid groups (broad SMARTS) is 3. The van der Waals surface area contributed by atoms with Crippen molar-refractivity contribution in [2.75, 3.05) is 65.9 Å². The summed E-state index contributed by atoms with van der Waals surface area (Å²) in [4.78, 5) is 57.2. The van der Waals surface area contributed by atoms with E-state index in [0.717, 1.165) is 32.1 Å². The van der Waals surface area contributed by atoms with Crippen LogP contribution in [0.25, 0.3) is 0 Å². The van der Waals surface area contributed by atoms with E-state index in [9.17, 15) is 34.2 Å². The molecule has 18 heteroatoms. The summed E-state index contributed by atoms with van der Waals surface area (Å²) in [5, 5.41) is 45.4. The predicted molar refractivity (Wildman–Crippen MR) is 217 cm³/mol. The highest BCUT2D eigenvalue weighted by molar-refractivity contribution is 5.83. The zero-order valence-electron chi connectivity index (χ0n) is 35.0. The Morgan fingerprint density at radius 2 is 0.931 bits per heavy atom. The van der Waals surface area contributed by atoms with Gasteiger partial charge in [-0.1, -0.05) is 77.0 Å². The van der Waals surface area contributed by atoms with Crippen molar-refractivity contribution in [2.45, 2.75) is 160 Å². The summed E-state index contributed by atoms with van der Waals surface area (Å²) in [5.41, 5.74) is 2.47. The summed E-state index contributed by atoms with van der Waals surface area (Å²) >= 11 is 0. The normalized spacial score (nSPS) is 12.9. The number of unbranched alkanes of at least 4 members (excludes halogenated alkanes) is 14. The summed E-state index contributed by atoms with van der Waals surface area (Å²) in [5.74, 6) is 0.0866. The number of carboxylic acids is 3. The van der Waals surface area contributed by atoms with Gasteiger partial charge in [0.2, 0.25) is 11.8 Å². The lowest BCUT2D eigenvalue weighted by molar-refractivity contribution is -0.449. The maximum absolute atomic E-state index is 12.2. The maximum Gasteiger partial charge on any atom is 0.326 e. The molecular formula is C40H78N5O13+. The van der Waals surface area contributed by atoms with Crippen LogP contribution in [0.1, 0.15) is 141 Å². The van der Waals surface area contributed by atoms with E-state index in [0.29, 0.717) is 84.8 Å². The molecule has 0 aliphatic heterocycles. The number of aliphatic hydroxyl groups excluding tert-OH is 1. The van der Waals surface area contributed by atoms with Gasteiger partial charge in [0.05, 0.1) is 52.9 Å². The number of amides is 2. The van der Waals surface area contributed by atoms with Gasteiger partial charge in [0.15, 0.2) is 6.04 Å². The standard InChI is InChI=1S/C40H77N5O13/c41-45-34(40(53)54)17-15-16-23-42-36(47)21-20-33(39(51)52)44-37(48)22-25-55-27-29-57-31-32-58-30-28-56-26-24-43-35(46)18-13-11-9-7-5-3-1-2-4-6-8-10-12-14-19-38(49)50/h33-34,36,42,45,47H,1-32,41H2,(H,43,46)(H,44,48)(H,49,50)(H,51,52)(H,53,54)/p+1/t33-,34-,36?/m0/s1. The third-order valence-electron chi connectivity index (χ3n) is 9.41. The fraction of sp³-hybridized carbons (Fsp3) is 0.875. The minimum atomic E-state index is -1.20. The molecule has 0 aromatic rings. The first-order valence-electron chi connectivity index (χ1n) is 21.5. The third kappa shape index (κ3) is 38.5. The van der Waals surface area contributed by atoms with Crippen LogP contribution >= 0.6 is 0 Å². The molecular weight excluding hydrogens is 758 g/mol. The van der Waals surface area contributed by atoms with Crippen molar-refractivity contribution >= 4 is 29.7 Å². The van der Waals surface area contributed by atoms with Gasteiger partial charge < -0.3 is 50.0 Å². The molecule has 0 fully saturated rings. The second kappa shape index (κ2) is 40.8. The average molecular weight is 837 g/mol. The van der Waals surface area contributed by atoms with Crippen LogP contribution in [0.15, 0.2) is 0 Å². The molecule has 0 bridgehead atoms. The van der Waals surface area contributed by atoms with E-state index in [1.807, 2.05) is 0 Å². The number of aliphatic carboxylic acids is 3. The van der Waals surface area contributed by atoms with Crippen molar-refractivity contribution in [1.29, 1.82) is 0 Å². The van der Waals surface area contributed by atoms with Crippen LogP contribution in [0.2, 0.25) is 0 Å². The molecule has 0 aliphatic carbocycles. The minimum Gasteiger partial charge on any atom is -0.481 e. The molecule has 0 radical (unpaired) electrons. The molecule has 0 spiro atoms. The van der Waals surface area contributed by atoms with Gasteiger partial charge in [-0.25, -0.2) is 4.79 Å². The van der Waals surface area contributed by atoms with Crippen LogP contribution < -0.4 is 27.2 Å². The zero-order valence-corrected chi connectivity index (χ0v) is 35.0. The highest BCUT2D eigenvalue weighted by Crippen LogP contribution is 2.14. The highest BCUT2D eigenvalue weighted by atomic mass is 16.6. The van der Waals surface area contributed by atoms with E-state index in [1.54, 1.807) is 0 Å². The number of carbonyl (C=O) groups is 5. The first-order chi connectivity index (χ1) is 28.1. The molecule has 2 amide bonds. The Hall–Kier alpha value is -2.97. The Labute approximate surface area is 345 Å². The van der Waals surface area contributed by atoms with E-state index in [-0.39, 0.29) is 38.4 Å². The summed E-state index contributed by atoms with van der Waals surface area (Å²) in [6.45, 7) is 3.52. The van der Waals surface area contributed by atoms with Gasteiger partial charge in [-0.15, -0.1) is 0 Å². The van der Waals surface area contributed by atoms with Crippen molar-refractivity contribution in [3.8, 4) is 0 Å². The van der Waals surface area contributed by atoms with E-state index >= 15 is 0 Å². The van der Waals surface area contributed by atoms with Gasteiger partial charge in [-0.05, 0) is 51.5 Å². The second-order valence-corrected chi connectivity index (χ2v) is 14.5. The molecule has 11 N–H and O–H groups in total. The summed E-state index contributed by atoms with van der Waals surface area (Å²) in [6.07, 6.45) is 17.7. The van der Waals surface area contributed by atoms with Crippen LogP contribution in [-0.4, -0.2) is 134 Å². The van der Waals surface area contributed by atoms with Gasteiger partial charge in [-0.2, -0.15) is 5.43 Å². The van der Waals surface area contributed by atoms with Crippen LogP contribution in [0.5, 0.6) is 0 Å². The smallest absolute Gasteiger partial charge is 0.326 e. The van der Waals surface area contributed by atoms with Crippen LogP contribution in [-0.2, 0) is 42.9 Å². The molecule has 0 aromatic heterocycles. The number of carbonyl (C=O) groups excluding carboxylic acids is 2. The van der Waals surface area contributed by atoms with Crippen LogP contribution in [0.3, 0.4) is 0 Å². The van der Waals surface area contributed by atoms with Gasteiger partial charge in [0.25, 0.3) is 0 Å². The molecule has 1 unspecified atom stereocenters. The number of quaternary nitrogens is 1. The molecule has 0 saturated carbocycles. The topological polar surface area (TPSA) is 279 Å². The average Bonchev–Trinajstić information content (AvgIpc) is 3.18. The monoisotopic (exact) mass is 837 g/mol. The maximum atomic E-state index is 12.2. The summed E-state index contributed by atoms with van der Waals surface area (Å²) in [7, 11) is 0. The lowest BCUT2D eigenvalue weighted by atomic mass is 10.0. The van der Waals surface area contributed by atoms with Crippen molar-refractivity contribution in [3.63, 3.8) is 0 Å². The SMILES string of the molecule is [NH3+]N[C@@H](CCCCNC(O)CC[C@H](NC(=O)CCOCCOCCOCCOCCNC(=O)CCCCCCCCCCCCCCCCC(=O)O)C(=O)O)C(=O)O. The Balaban J connectivity index is 3.52. The van der Waals surface area contributed by atoms with Crippen LogP contribution in [0, 0.1) is 0 Å². The van der Waals surface area contributed by atoms with E-state index in [4.69, 9.17) is 29.2 Å².